The first-order chi connectivity index (χ1) is 10.0. The fourth-order valence-corrected chi connectivity index (χ4v) is 1.79. The molecule has 0 atom stereocenters. The van der Waals surface area contributed by atoms with Crippen molar-refractivity contribution in [1.82, 2.24) is 9.97 Å². The third-order valence-corrected chi connectivity index (χ3v) is 2.73. The van der Waals surface area contributed by atoms with Crippen LogP contribution in [0.15, 0.2) is 24.5 Å². The van der Waals surface area contributed by atoms with Gasteiger partial charge < -0.3 is 10.6 Å². The second kappa shape index (κ2) is 6.12. The van der Waals surface area contributed by atoms with Crippen LogP contribution < -0.4 is 10.6 Å². The molecule has 0 aliphatic carbocycles. The zero-order valence-electron chi connectivity index (χ0n) is 11.6. The van der Waals surface area contributed by atoms with Crippen LogP contribution in [-0.4, -0.2) is 21.4 Å². The standard InChI is InChI=1S/C13H14FN5O2/c1-3-15-12-11(19(20)21)13(17-7-16-12)18-10-5-4-8(2)6-9(10)14/h4-7H,3H2,1-2H3,(H2,15,16,17,18). The lowest BCUT2D eigenvalue weighted by molar-refractivity contribution is -0.383. The summed E-state index contributed by atoms with van der Waals surface area (Å²) in [4.78, 5) is 18.3. The van der Waals surface area contributed by atoms with Gasteiger partial charge >= 0.3 is 5.69 Å². The van der Waals surface area contributed by atoms with Gasteiger partial charge in [-0.2, -0.15) is 0 Å². The molecule has 0 amide bonds. The Morgan fingerprint density at radius 2 is 2.05 bits per heavy atom. The maximum Gasteiger partial charge on any atom is 0.353 e. The molecule has 0 saturated carbocycles. The zero-order chi connectivity index (χ0) is 15.4. The Bertz CT molecular complexity index is 678. The van der Waals surface area contributed by atoms with Crippen molar-refractivity contribution in [2.75, 3.05) is 17.2 Å². The Hall–Kier alpha value is -2.77. The van der Waals surface area contributed by atoms with E-state index in [1.165, 1.54) is 18.5 Å². The zero-order valence-corrected chi connectivity index (χ0v) is 11.6. The quantitative estimate of drug-likeness (QED) is 0.649. The van der Waals surface area contributed by atoms with E-state index < -0.39 is 10.7 Å². The van der Waals surface area contributed by atoms with Gasteiger partial charge in [-0.15, -0.1) is 0 Å². The fraction of sp³-hybridized carbons (Fsp3) is 0.231. The first kappa shape index (κ1) is 14.6. The summed E-state index contributed by atoms with van der Waals surface area (Å²) in [5.41, 5.74) is 0.549. The monoisotopic (exact) mass is 291 g/mol. The van der Waals surface area contributed by atoms with Crippen LogP contribution in [0.3, 0.4) is 0 Å². The van der Waals surface area contributed by atoms with E-state index in [2.05, 4.69) is 20.6 Å². The molecule has 0 bridgehead atoms. The van der Waals surface area contributed by atoms with E-state index in [1.807, 2.05) is 0 Å². The van der Waals surface area contributed by atoms with Crippen LogP contribution >= 0.6 is 0 Å². The number of aryl methyl sites for hydroxylation is 1. The number of hydrogen-bond donors (Lipinski definition) is 2. The minimum absolute atomic E-state index is 0.0614. The van der Waals surface area contributed by atoms with Crippen molar-refractivity contribution < 1.29 is 9.31 Å². The molecule has 110 valence electrons. The summed E-state index contributed by atoms with van der Waals surface area (Å²) in [6.45, 7) is 4.01. The van der Waals surface area contributed by atoms with E-state index in [-0.39, 0.29) is 23.0 Å². The third kappa shape index (κ3) is 3.22. The first-order valence-corrected chi connectivity index (χ1v) is 6.29. The number of anilines is 3. The summed E-state index contributed by atoms with van der Waals surface area (Å²) in [5.74, 6) is -0.478. The van der Waals surface area contributed by atoms with Gasteiger partial charge in [0.1, 0.15) is 12.1 Å². The summed E-state index contributed by atoms with van der Waals surface area (Å²) in [6, 6.07) is 4.54. The molecule has 7 nitrogen and oxygen atoms in total. The van der Waals surface area contributed by atoms with E-state index in [0.29, 0.717) is 6.54 Å². The van der Waals surface area contributed by atoms with Gasteiger partial charge in [0.2, 0.25) is 11.6 Å². The van der Waals surface area contributed by atoms with Crippen LogP contribution in [0.2, 0.25) is 0 Å². The normalized spacial score (nSPS) is 10.2. The van der Waals surface area contributed by atoms with Gasteiger partial charge in [-0.3, -0.25) is 10.1 Å². The molecule has 0 saturated heterocycles. The van der Waals surface area contributed by atoms with Crippen LogP contribution in [0.5, 0.6) is 0 Å². The lowest BCUT2D eigenvalue weighted by Crippen LogP contribution is -2.08. The van der Waals surface area contributed by atoms with Gasteiger partial charge in [-0.05, 0) is 31.5 Å². The summed E-state index contributed by atoms with van der Waals surface area (Å²) in [6.07, 6.45) is 1.18. The topological polar surface area (TPSA) is 93.0 Å². The predicted octanol–water partition coefficient (Wildman–Crippen LogP) is 3.01. The number of nitrogens with zero attached hydrogens (tertiary/aromatic N) is 3. The van der Waals surface area contributed by atoms with Crippen molar-refractivity contribution in [2.45, 2.75) is 13.8 Å². The largest absolute Gasteiger partial charge is 0.364 e. The van der Waals surface area contributed by atoms with Crippen molar-refractivity contribution in [3.8, 4) is 0 Å². The lowest BCUT2D eigenvalue weighted by atomic mass is 10.2. The molecule has 8 heteroatoms. The third-order valence-electron chi connectivity index (χ3n) is 2.73. The Morgan fingerprint density at radius 3 is 2.67 bits per heavy atom. The lowest BCUT2D eigenvalue weighted by Gasteiger charge is -2.10. The SMILES string of the molecule is CCNc1ncnc(Nc2ccc(C)cc2F)c1[N+](=O)[O-]. The molecular formula is C13H14FN5O2. The van der Waals surface area contributed by atoms with Crippen LogP contribution in [0.1, 0.15) is 12.5 Å². The van der Waals surface area contributed by atoms with E-state index in [1.54, 1.807) is 19.9 Å². The Balaban J connectivity index is 2.43. The summed E-state index contributed by atoms with van der Waals surface area (Å²) < 4.78 is 13.8. The van der Waals surface area contributed by atoms with Crippen molar-refractivity contribution >= 4 is 23.0 Å². The maximum atomic E-state index is 13.8. The van der Waals surface area contributed by atoms with Crippen molar-refractivity contribution in [1.29, 1.82) is 0 Å². The van der Waals surface area contributed by atoms with Gasteiger partial charge in [0.25, 0.3) is 0 Å². The van der Waals surface area contributed by atoms with E-state index in [4.69, 9.17) is 0 Å². The number of nitrogens with one attached hydrogen (secondary N) is 2. The number of halogens is 1. The van der Waals surface area contributed by atoms with Gasteiger partial charge in [-0.25, -0.2) is 14.4 Å². The van der Waals surface area contributed by atoms with Crippen LogP contribution in [0, 0.1) is 22.9 Å². The van der Waals surface area contributed by atoms with Gasteiger partial charge in [-0.1, -0.05) is 6.07 Å². The van der Waals surface area contributed by atoms with Crippen LogP contribution in [0.4, 0.5) is 27.4 Å². The fourth-order valence-electron chi connectivity index (χ4n) is 1.79. The molecule has 0 spiro atoms. The smallest absolute Gasteiger partial charge is 0.353 e. The molecule has 2 aromatic rings. The summed E-state index contributed by atoms with van der Waals surface area (Å²) in [7, 11) is 0. The van der Waals surface area contributed by atoms with E-state index in [0.717, 1.165) is 5.56 Å². The number of nitro groups is 1. The molecule has 0 unspecified atom stereocenters. The van der Waals surface area contributed by atoms with Gasteiger partial charge in [0.15, 0.2) is 0 Å². The molecule has 2 rings (SSSR count). The minimum atomic E-state index is -0.605. The number of aromatic nitrogens is 2. The average molecular weight is 291 g/mol. The molecule has 0 fully saturated rings. The van der Waals surface area contributed by atoms with Crippen LogP contribution in [0.25, 0.3) is 0 Å². The second-order valence-electron chi connectivity index (χ2n) is 4.32. The number of benzene rings is 1. The summed E-state index contributed by atoms with van der Waals surface area (Å²) >= 11 is 0. The minimum Gasteiger partial charge on any atom is -0.364 e. The number of hydrogen-bond acceptors (Lipinski definition) is 6. The maximum absolute atomic E-state index is 13.8. The Labute approximate surface area is 120 Å². The highest BCUT2D eigenvalue weighted by Crippen LogP contribution is 2.31. The Kier molecular flexibility index (Phi) is 4.27. The van der Waals surface area contributed by atoms with E-state index in [9.17, 15) is 14.5 Å². The van der Waals surface area contributed by atoms with Crippen LogP contribution in [-0.2, 0) is 0 Å². The highest BCUT2D eigenvalue weighted by molar-refractivity contribution is 5.73. The van der Waals surface area contributed by atoms with E-state index >= 15 is 0 Å². The molecular weight excluding hydrogens is 277 g/mol. The second-order valence-corrected chi connectivity index (χ2v) is 4.32. The molecule has 2 N–H and O–H groups in total. The molecule has 1 aromatic carbocycles. The molecule has 1 heterocycles. The van der Waals surface area contributed by atoms with Crippen molar-refractivity contribution in [3.63, 3.8) is 0 Å². The van der Waals surface area contributed by atoms with Gasteiger partial charge in [0.05, 0.1) is 10.6 Å². The molecule has 0 radical (unpaired) electrons. The highest BCUT2D eigenvalue weighted by atomic mass is 19.1. The number of rotatable bonds is 5. The molecule has 21 heavy (non-hydrogen) atoms. The Morgan fingerprint density at radius 1 is 1.33 bits per heavy atom. The molecule has 0 aliphatic rings. The van der Waals surface area contributed by atoms with Crippen molar-refractivity contribution in [3.05, 3.63) is 46.0 Å². The summed E-state index contributed by atoms with van der Waals surface area (Å²) in [5, 5.41) is 16.6. The highest BCUT2D eigenvalue weighted by Gasteiger charge is 2.23. The predicted molar refractivity (Wildman–Crippen MR) is 77.3 cm³/mol. The molecule has 0 aliphatic heterocycles. The van der Waals surface area contributed by atoms with Gasteiger partial charge in [0, 0.05) is 6.54 Å². The molecule has 1 aromatic heterocycles. The average Bonchev–Trinajstić information content (AvgIpc) is 2.42. The van der Waals surface area contributed by atoms with Crippen molar-refractivity contribution in [2.24, 2.45) is 0 Å². The first-order valence-electron chi connectivity index (χ1n) is 6.29.